The Labute approximate surface area is 97.3 Å². The molecule has 2 atom stereocenters. The Balaban J connectivity index is 2.10. The predicted octanol–water partition coefficient (Wildman–Crippen LogP) is 1.81. The molecule has 0 aromatic heterocycles. The number of hydrogen-bond donors (Lipinski definition) is 2. The molecule has 1 aliphatic carbocycles. The van der Waals surface area contributed by atoms with Crippen LogP contribution in [0.25, 0.3) is 0 Å². The van der Waals surface area contributed by atoms with E-state index in [9.17, 15) is 13.2 Å². The molecule has 0 aromatic carbocycles. The fraction of sp³-hybridized carbons (Fsp3) is 0.889. The van der Waals surface area contributed by atoms with Crippen LogP contribution in [0.5, 0.6) is 0 Å². The second-order valence-corrected chi connectivity index (χ2v) is 4.92. The van der Waals surface area contributed by atoms with E-state index in [0.29, 0.717) is 17.9 Å². The summed E-state index contributed by atoms with van der Waals surface area (Å²) in [6.07, 6.45) is 1.10. The summed E-state index contributed by atoms with van der Waals surface area (Å²) in [5, 5.41) is 5.99. The first-order valence-corrected chi connectivity index (χ1v) is 6.09. The minimum absolute atomic E-state index is 0.00950. The molecular weight excluding hydrogens is 239 g/mol. The highest BCUT2D eigenvalue weighted by atomic mass is 32.2. The van der Waals surface area contributed by atoms with Crippen LogP contribution < -0.4 is 10.6 Å². The molecule has 0 saturated heterocycles. The summed E-state index contributed by atoms with van der Waals surface area (Å²) < 4.78 is 35.5. The van der Waals surface area contributed by atoms with Gasteiger partial charge in [0.1, 0.15) is 0 Å². The molecule has 94 valence electrons. The van der Waals surface area contributed by atoms with E-state index in [4.69, 9.17) is 0 Å². The maximum absolute atomic E-state index is 11.8. The first-order chi connectivity index (χ1) is 7.42. The highest BCUT2D eigenvalue weighted by Crippen LogP contribution is 2.29. The average molecular weight is 255 g/mol. The van der Waals surface area contributed by atoms with Crippen LogP contribution in [0.15, 0.2) is 4.99 Å². The monoisotopic (exact) mass is 255 g/mol. The molecule has 1 saturated carbocycles. The number of thioether (sulfide) groups is 1. The van der Waals surface area contributed by atoms with Crippen molar-refractivity contribution < 1.29 is 13.2 Å². The molecule has 1 fully saturated rings. The standard InChI is InChI=1S/C9H16F3N3S/c1-6-5-7(6)15-8(13-2)14-3-4-16-9(10,11)12/h6-7H,3-5H2,1-2H3,(H2,13,14,15). The van der Waals surface area contributed by atoms with Gasteiger partial charge in [0.15, 0.2) is 5.96 Å². The number of nitrogens with zero attached hydrogens (tertiary/aromatic N) is 1. The molecule has 0 radical (unpaired) electrons. The van der Waals surface area contributed by atoms with Gasteiger partial charge in [-0.3, -0.25) is 4.99 Å². The van der Waals surface area contributed by atoms with Crippen LogP contribution in [-0.2, 0) is 0 Å². The summed E-state index contributed by atoms with van der Waals surface area (Å²) in [7, 11) is 1.61. The van der Waals surface area contributed by atoms with Gasteiger partial charge in [-0.05, 0) is 24.1 Å². The quantitative estimate of drug-likeness (QED) is 0.457. The fourth-order valence-corrected chi connectivity index (χ4v) is 1.67. The van der Waals surface area contributed by atoms with Crippen LogP contribution >= 0.6 is 11.8 Å². The molecular formula is C9H16F3N3S. The second-order valence-electron chi connectivity index (χ2n) is 3.76. The van der Waals surface area contributed by atoms with Crippen LogP contribution in [-0.4, -0.2) is 36.9 Å². The molecule has 0 aliphatic heterocycles. The largest absolute Gasteiger partial charge is 0.441 e. The van der Waals surface area contributed by atoms with Crippen molar-refractivity contribution >= 4 is 17.7 Å². The Morgan fingerprint density at radius 1 is 1.50 bits per heavy atom. The van der Waals surface area contributed by atoms with Crippen LogP contribution in [0.1, 0.15) is 13.3 Å². The van der Waals surface area contributed by atoms with Gasteiger partial charge >= 0.3 is 5.51 Å². The van der Waals surface area contributed by atoms with E-state index in [1.54, 1.807) is 7.05 Å². The molecule has 0 aromatic rings. The van der Waals surface area contributed by atoms with Crippen LogP contribution in [0.2, 0.25) is 0 Å². The van der Waals surface area contributed by atoms with E-state index >= 15 is 0 Å². The number of nitrogens with one attached hydrogen (secondary N) is 2. The summed E-state index contributed by atoms with van der Waals surface area (Å²) >= 11 is -0.0242. The molecule has 2 unspecified atom stereocenters. The Hall–Kier alpha value is -0.590. The number of guanidine groups is 1. The van der Waals surface area contributed by atoms with Gasteiger partial charge in [0.05, 0.1) is 0 Å². The Morgan fingerprint density at radius 3 is 2.56 bits per heavy atom. The molecule has 1 aliphatic rings. The molecule has 3 nitrogen and oxygen atoms in total. The van der Waals surface area contributed by atoms with Crippen LogP contribution in [0.3, 0.4) is 0 Å². The van der Waals surface area contributed by atoms with Crippen LogP contribution in [0, 0.1) is 5.92 Å². The Morgan fingerprint density at radius 2 is 2.12 bits per heavy atom. The number of alkyl halides is 3. The zero-order valence-electron chi connectivity index (χ0n) is 9.27. The van der Waals surface area contributed by atoms with Crippen molar-refractivity contribution in [3.05, 3.63) is 0 Å². The van der Waals surface area contributed by atoms with Gasteiger partial charge in [0, 0.05) is 25.4 Å². The predicted molar refractivity (Wildman–Crippen MR) is 60.6 cm³/mol. The minimum atomic E-state index is -4.15. The lowest BCUT2D eigenvalue weighted by atomic mass is 10.5. The number of halogens is 3. The smallest absolute Gasteiger partial charge is 0.356 e. The summed E-state index contributed by atoms with van der Waals surface area (Å²) in [6, 6.07) is 0.418. The minimum Gasteiger partial charge on any atom is -0.356 e. The maximum Gasteiger partial charge on any atom is 0.441 e. The maximum atomic E-state index is 11.8. The SMILES string of the molecule is CN=C(NCCSC(F)(F)F)NC1CC1C. The van der Waals surface area contributed by atoms with Crippen molar-refractivity contribution in [2.75, 3.05) is 19.3 Å². The van der Waals surface area contributed by atoms with E-state index in [0.717, 1.165) is 6.42 Å². The first kappa shape index (κ1) is 13.5. The van der Waals surface area contributed by atoms with Gasteiger partial charge in [-0.25, -0.2) is 0 Å². The number of rotatable bonds is 4. The molecule has 0 spiro atoms. The lowest BCUT2D eigenvalue weighted by molar-refractivity contribution is -0.0327. The highest BCUT2D eigenvalue weighted by Gasteiger charge is 2.33. The van der Waals surface area contributed by atoms with Crippen molar-refractivity contribution in [1.29, 1.82) is 0 Å². The van der Waals surface area contributed by atoms with Gasteiger partial charge in [0.2, 0.25) is 0 Å². The average Bonchev–Trinajstić information content (AvgIpc) is 2.85. The molecule has 0 bridgehead atoms. The van der Waals surface area contributed by atoms with Crippen molar-refractivity contribution in [2.45, 2.75) is 24.9 Å². The number of hydrogen-bond acceptors (Lipinski definition) is 2. The van der Waals surface area contributed by atoms with Crippen molar-refractivity contribution in [3.63, 3.8) is 0 Å². The molecule has 2 N–H and O–H groups in total. The third-order valence-corrected chi connectivity index (χ3v) is 3.05. The van der Waals surface area contributed by atoms with Gasteiger partial charge in [-0.1, -0.05) is 6.92 Å². The zero-order valence-corrected chi connectivity index (χ0v) is 10.1. The third kappa shape index (κ3) is 5.48. The van der Waals surface area contributed by atoms with Gasteiger partial charge in [-0.2, -0.15) is 13.2 Å². The summed E-state index contributed by atoms with van der Waals surface area (Å²) in [4.78, 5) is 3.94. The first-order valence-electron chi connectivity index (χ1n) is 5.10. The van der Waals surface area contributed by atoms with Gasteiger partial charge in [0.25, 0.3) is 0 Å². The lowest BCUT2D eigenvalue weighted by Crippen LogP contribution is -2.40. The van der Waals surface area contributed by atoms with E-state index in [2.05, 4.69) is 22.5 Å². The summed E-state index contributed by atoms with van der Waals surface area (Å²) in [5.74, 6) is 1.20. The topological polar surface area (TPSA) is 36.4 Å². The molecule has 0 amide bonds. The van der Waals surface area contributed by atoms with Crippen molar-refractivity contribution in [2.24, 2.45) is 10.9 Å². The third-order valence-electron chi connectivity index (χ3n) is 2.32. The molecule has 7 heteroatoms. The fourth-order valence-electron chi connectivity index (χ4n) is 1.23. The van der Waals surface area contributed by atoms with E-state index in [1.807, 2.05) is 0 Å². The molecule has 16 heavy (non-hydrogen) atoms. The normalized spacial score (nSPS) is 25.4. The Bertz CT molecular complexity index is 255. The second kappa shape index (κ2) is 5.65. The van der Waals surface area contributed by atoms with Crippen molar-refractivity contribution in [1.82, 2.24) is 10.6 Å². The van der Waals surface area contributed by atoms with Gasteiger partial charge < -0.3 is 10.6 Å². The van der Waals surface area contributed by atoms with E-state index in [1.165, 1.54) is 0 Å². The lowest BCUT2D eigenvalue weighted by Gasteiger charge is -2.11. The van der Waals surface area contributed by atoms with Crippen molar-refractivity contribution in [3.8, 4) is 0 Å². The van der Waals surface area contributed by atoms with Crippen LogP contribution in [0.4, 0.5) is 13.2 Å². The van der Waals surface area contributed by atoms with E-state index < -0.39 is 5.51 Å². The van der Waals surface area contributed by atoms with Gasteiger partial charge in [-0.15, -0.1) is 0 Å². The van der Waals surface area contributed by atoms with E-state index in [-0.39, 0.29) is 24.1 Å². The summed E-state index contributed by atoms with van der Waals surface area (Å²) in [5.41, 5.74) is -4.15. The zero-order chi connectivity index (χ0) is 12.2. The highest BCUT2D eigenvalue weighted by molar-refractivity contribution is 8.00. The number of aliphatic imine (C=N–C) groups is 1. The molecule has 0 heterocycles. The summed E-state index contributed by atoms with van der Waals surface area (Å²) in [6.45, 7) is 2.37. The molecule has 1 rings (SSSR count). The Kier molecular flexibility index (Phi) is 4.76.